The number of halogens is 2. The molecule has 4 aromatic carbocycles. The molecular formula is C48H66F2N6O7. The number of urea groups is 2. The van der Waals surface area contributed by atoms with Crippen LogP contribution in [0.5, 0.6) is 5.75 Å². The molecule has 6 aromatic rings. The molecule has 0 spiro atoms. The van der Waals surface area contributed by atoms with E-state index in [1.165, 1.54) is 44.5 Å². The highest BCUT2D eigenvalue weighted by atomic mass is 19.1. The molecule has 63 heavy (non-hydrogen) atoms. The van der Waals surface area contributed by atoms with Crippen LogP contribution in [0.3, 0.4) is 0 Å². The van der Waals surface area contributed by atoms with E-state index < -0.39 is 12.1 Å². The third kappa shape index (κ3) is 11.0. The summed E-state index contributed by atoms with van der Waals surface area (Å²) in [6.07, 6.45) is 0.551. The zero-order valence-corrected chi connectivity index (χ0v) is 37.3. The van der Waals surface area contributed by atoms with E-state index in [2.05, 4.69) is 26.6 Å². The van der Waals surface area contributed by atoms with Crippen LogP contribution in [0.15, 0.2) is 87.7 Å². The zero-order chi connectivity index (χ0) is 46.1. The number of carbonyl (C=O) groups excluding carboxylic acids is 4. The highest BCUT2D eigenvalue weighted by Gasteiger charge is 2.28. The van der Waals surface area contributed by atoms with Gasteiger partial charge >= 0.3 is 12.1 Å². The quantitative estimate of drug-likeness (QED) is 0.0808. The first-order valence-electron chi connectivity index (χ1n) is 20.9. The van der Waals surface area contributed by atoms with Crippen molar-refractivity contribution in [1.29, 1.82) is 0 Å². The topological polar surface area (TPSA) is 167 Å². The fourth-order valence-electron chi connectivity index (χ4n) is 7.14. The number of nitrogens with one attached hydrogen (secondary N) is 5. The Hall–Kier alpha value is -6.90. The minimum absolute atomic E-state index is 0. The lowest BCUT2D eigenvalue weighted by Gasteiger charge is -2.31. The molecule has 1 aliphatic heterocycles. The predicted octanol–water partition coefficient (Wildman–Crippen LogP) is 12.2. The van der Waals surface area contributed by atoms with Crippen LogP contribution >= 0.6 is 0 Å². The van der Waals surface area contributed by atoms with Crippen LogP contribution in [0.4, 0.5) is 35.4 Å². The second kappa shape index (κ2) is 20.8. The molecule has 2 aromatic heterocycles. The number of rotatable bonds is 11. The number of carbonyl (C=O) groups is 4. The molecular weight excluding hydrogens is 811 g/mol. The first-order chi connectivity index (χ1) is 30.1. The van der Waals surface area contributed by atoms with Gasteiger partial charge < -0.3 is 45.1 Å². The molecule has 5 N–H and O–H groups in total. The molecule has 1 saturated heterocycles. The SMILES string of the molecule is CC.CNC(=O)c1cc(NC(=O)NC(c2oc3ccc(F)cc3c2C)C(C)C)ccc1OC.Cc1c(C(NC(=O)Nc2cccc(N3CCC3=O)c2)C(C)C)oc2ccc(F)cc12.[HH].[HH].[HH].[HH].[HH]. The number of hydrogen-bond donors (Lipinski definition) is 5. The Kier molecular flexibility index (Phi) is 15.6. The monoisotopic (exact) mass is 876 g/mol. The fourth-order valence-corrected chi connectivity index (χ4v) is 7.14. The number of fused-ring (bicyclic) bond motifs is 2. The van der Waals surface area contributed by atoms with Gasteiger partial charge in [-0.2, -0.15) is 0 Å². The number of benzene rings is 4. The van der Waals surface area contributed by atoms with Crippen molar-refractivity contribution in [2.75, 3.05) is 36.2 Å². The van der Waals surface area contributed by atoms with Crippen LogP contribution in [0.1, 0.15) is 100 Å². The van der Waals surface area contributed by atoms with Gasteiger partial charge in [-0.1, -0.05) is 47.6 Å². The lowest BCUT2D eigenvalue weighted by Crippen LogP contribution is -2.43. The van der Waals surface area contributed by atoms with Gasteiger partial charge in [0.1, 0.15) is 40.1 Å². The maximum atomic E-state index is 13.6. The number of amides is 6. The van der Waals surface area contributed by atoms with Crippen LogP contribution in [-0.4, -0.2) is 44.6 Å². The third-order valence-electron chi connectivity index (χ3n) is 10.5. The van der Waals surface area contributed by atoms with Gasteiger partial charge in [0.05, 0.1) is 24.8 Å². The molecule has 0 saturated carbocycles. The number of nitrogens with zero attached hydrogens (tertiary/aromatic N) is 1. The van der Waals surface area contributed by atoms with Gasteiger partial charge in [0.25, 0.3) is 5.91 Å². The Labute approximate surface area is 373 Å². The Balaban J connectivity index is 0.00000119. The lowest BCUT2D eigenvalue weighted by atomic mass is 9.98. The average molecular weight is 877 g/mol. The second-order valence-electron chi connectivity index (χ2n) is 15.4. The number of furan rings is 2. The number of ether oxygens (including phenoxy) is 1. The van der Waals surface area contributed by atoms with Crippen molar-refractivity contribution >= 4 is 62.9 Å². The van der Waals surface area contributed by atoms with Crippen LogP contribution in [-0.2, 0) is 4.79 Å². The van der Waals surface area contributed by atoms with Gasteiger partial charge in [-0.25, -0.2) is 18.4 Å². The van der Waals surface area contributed by atoms with Crippen molar-refractivity contribution in [3.05, 3.63) is 119 Å². The molecule has 0 aliphatic carbocycles. The van der Waals surface area contributed by atoms with Crippen molar-refractivity contribution in [3.63, 3.8) is 0 Å². The standard InChI is InChI=1S/C23H26FN3O4.C23H24FN3O3.C2H6.5H2/c1-12(2)20(21-13(3)16-10-14(24)6-8-19(16)31-21)27-23(29)26-15-7-9-18(30-5)17(11-15)22(28)25-4;1-13(2)21(22-14(3)18-11-15(24)7-8-19(18)30-22)26-23(29)25-16-5-4-6-17(12-16)27-10-9-20(27)28;1-2;;;;;/h6-12,20H,1-5H3,(H,25,28)(H2,26,27,29);4-8,11-13,21H,9-10H2,1-3H3,(H2,25,26,29);1-2H3;5*1H. The largest absolute Gasteiger partial charge is 0.496 e. The molecule has 15 heteroatoms. The molecule has 2 atom stereocenters. The number of methoxy groups -OCH3 is 1. The van der Waals surface area contributed by atoms with Gasteiger partial charge in [0.15, 0.2) is 0 Å². The van der Waals surface area contributed by atoms with Crippen LogP contribution in [0.25, 0.3) is 21.9 Å². The minimum Gasteiger partial charge on any atom is -0.496 e. The number of aryl methyl sites for hydroxylation is 2. The van der Waals surface area contributed by atoms with Crippen LogP contribution < -0.4 is 36.2 Å². The van der Waals surface area contributed by atoms with Gasteiger partial charge in [0, 0.05) is 66.1 Å². The van der Waals surface area contributed by atoms with Gasteiger partial charge in [0.2, 0.25) is 5.91 Å². The predicted molar refractivity (Wildman–Crippen MR) is 253 cm³/mol. The van der Waals surface area contributed by atoms with Crippen molar-refractivity contribution in [3.8, 4) is 5.75 Å². The first-order valence-corrected chi connectivity index (χ1v) is 20.9. The van der Waals surface area contributed by atoms with Crippen LogP contribution in [0.2, 0.25) is 0 Å². The van der Waals surface area contributed by atoms with E-state index in [0.29, 0.717) is 69.1 Å². The number of hydrogen-bond acceptors (Lipinski definition) is 7. The summed E-state index contributed by atoms with van der Waals surface area (Å²) in [5, 5.41) is 15.4. The summed E-state index contributed by atoms with van der Waals surface area (Å²) in [6, 6.07) is 19.0. The van der Waals surface area contributed by atoms with Gasteiger partial charge in [-0.15, -0.1) is 0 Å². The normalized spacial score (nSPS) is 13.0. The molecule has 7 rings (SSSR count). The van der Waals surface area contributed by atoms with Gasteiger partial charge in [-0.05, 0) is 98.5 Å². The van der Waals surface area contributed by atoms with Crippen LogP contribution in [0, 0.1) is 37.3 Å². The maximum Gasteiger partial charge on any atom is 0.319 e. The molecule has 1 aliphatic rings. The Morgan fingerprint density at radius 2 is 1.24 bits per heavy atom. The summed E-state index contributed by atoms with van der Waals surface area (Å²) >= 11 is 0. The summed E-state index contributed by atoms with van der Waals surface area (Å²) in [4.78, 5) is 50.8. The van der Waals surface area contributed by atoms with E-state index in [1.807, 2.05) is 61.5 Å². The lowest BCUT2D eigenvalue weighted by molar-refractivity contribution is -0.122. The third-order valence-corrected chi connectivity index (χ3v) is 10.5. The number of β-lactam (4-membered cyclic amide) rings is 1. The van der Waals surface area contributed by atoms with E-state index in [-0.39, 0.29) is 54.5 Å². The molecule has 13 nitrogen and oxygen atoms in total. The number of anilines is 3. The van der Waals surface area contributed by atoms with E-state index in [0.717, 1.165) is 16.8 Å². The first kappa shape index (κ1) is 47.2. The van der Waals surface area contributed by atoms with E-state index in [4.69, 9.17) is 13.6 Å². The van der Waals surface area contributed by atoms with Crippen molar-refractivity contribution in [1.82, 2.24) is 16.0 Å². The molecule has 344 valence electrons. The molecule has 0 bridgehead atoms. The van der Waals surface area contributed by atoms with E-state index in [1.54, 1.807) is 47.4 Å². The summed E-state index contributed by atoms with van der Waals surface area (Å²) in [5.41, 5.74) is 4.83. The summed E-state index contributed by atoms with van der Waals surface area (Å²) in [5.74, 6) is 0.714. The summed E-state index contributed by atoms with van der Waals surface area (Å²) in [6.45, 7) is 16.3. The minimum atomic E-state index is -0.460. The van der Waals surface area contributed by atoms with Crippen molar-refractivity contribution in [2.45, 2.75) is 73.9 Å². The smallest absolute Gasteiger partial charge is 0.319 e. The molecule has 3 heterocycles. The molecule has 1 fully saturated rings. The summed E-state index contributed by atoms with van der Waals surface area (Å²) < 4.78 is 44.4. The fraction of sp³-hybridized carbons (Fsp3) is 0.333. The zero-order valence-electron chi connectivity index (χ0n) is 37.3. The Morgan fingerprint density at radius 3 is 1.67 bits per heavy atom. The Morgan fingerprint density at radius 1 is 0.730 bits per heavy atom. The highest BCUT2D eigenvalue weighted by Crippen LogP contribution is 2.35. The summed E-state index contributed by atoms with van der Waals surface area (Å²) in [7, 11) is 2.99. The second-order valence-corrected chi connectivity index (χ2v) is 15.4. The highest BCUT2D eigenvalue weighted by molar-refractivity contribution is 6.01. The Bertz CT molecular complexity index is 2630. The van der Waals surface area contributed by atoms with E-state index >= 15 is 0 Å². The van der Waals surface area contributed by atoms with E-state index in [9.17, 15) is 28.0 Å². The molecule has 0 radical (unpaired) electrons. The molecule has 2 unspecified atom stereocenters. The average Bonchev–Trinajstić information content (AvgIpc) is 3.75. The van der Waals surface area contributed by atoms with Crippen molar-refractivity contribution < 1.29 is 48.7 Å². The maximum absolute atomic E-state index is 13.6. The van der Waals surface area contributed by atoms with Gasteiger partial charge in [-0.3, -0.25) is 9.59 Å². The molecule has 6 amide bonds. The van der Waals surface area contributed by atoms with Crippen molar-refractivity contribution in [2.24, 2.45) is 11.8 Å².